The zero-order valence-corrected chi connectivity index (χ0v) is 13.8. The topological polar surface area (TPSA) is 112 Å². The summed E-state index contributed by atoms with van der Waals surface area (Å²) in [5, 5.41) is 12.1. The van der Waals surface area contributed by atoms with Crippen molar-refractivity contribution in [1.82, 2.24) is 15.3 Å². The molecule has 0 saturated heterocycles. The molecule has 1 aromatic heterocycles. The van der Waals surface area contributed by atoms with Crippen LogP contribution in [0.15, 0.2) is 41.7 Å². The van der Waals surface area contributed by atoms with Crippen molar-refractivity contribution in [3.05, 3.63) is 53.1 Å². The number of aliphatic carboxylic acids is 1. The van der Waals surface area contributed by atoms with Gasteiger partial charge in [0, 0.05) is 12.8 Å². The molecule has 7 heteroatoms. The normalized spacial score (nSPS) is 11.8. The fourth-order valence-electron chi connectivity index (χ4n) is 2.48. The number of carbonyl (C=O) groups is 2. The SMILES string of the molecule is C=CCCC(NC(=O)CCCc1nc2ccccc2c(=O)[nH]1)C(=O)O. The summed E-state index contributed by atoms with van der Waals surface area (Å²) in [5.41, 5.74) is 0.404. The summed E-state index contributed by atoms with van der Waals surface area (Å²) in [4.78, 5) is 42.0. The van der Waals surface area contributed by atoms with Crippen LogP contribution in [-0.2, 0) is 16.0 Å². The van der Waals surface area contributed by atoms with Crippen LogP contribution in [0.25, 0.3) is 10.9 Å². The van der Waals surface area contributed by atoms with E-state index in [2.05, 4.69) is 21.9 Å². The molecule has 0 radical (unpaired) electrons. The maximum absolute atomic E-state index is 12.0. The summed E-state index contributed by atoms with van der Waals surface area (Å²) in [6.07, 6.45) is 3.49. The molecule has 132 valence electrons. The van der Waals surface area contributed by atoms with Crippen molar-refractivity contribution in [3.63, 3.8) is 0 Å². The van der Waals surface area contributed by atoms with E-state index in [4.69, 9.17) is 5.11 Å². The second-order valence-electron chi connectivity index (χ2n) is 5.71. The number of nitrogens with one attached hydrogen (secondary N) is 2. The van der Waals surface area contributed by atoms with Gasteiger partial charge >= 0.3 is 5.97 Å². The predicted octanol–water partition coefficient (Wildman–Crippen LogP) is 1.78. The number of carboxylic acid groups (broad SMARTS) is 1. The smallest absolute Gasteiger partial charge is 0.326 e. The minimum atomic E-state index is -1.06. The lowest BCUT2D eigenvalue weighted by Gasteiger charge is -2.13. The third kappa shape index (κ3) is 5.27. The molecule has 1 aromatic carbocycles. The fourth-order valence-corrected chi connectivity index (χ4v) is 2.48. The number of para-hydroxylation sites is 1. The van der Waals surface area contributed by atoms with Crippen LogP contribution in [0, 0.1) is 0 Å². The molecule has 0 aliphatic rings. The fraction of sp³-hybridized carbons (Fsp3) is 0.333. The zero-order chi connectivity index (χ0) is 18.2. The van der Waals surface area contributed by atoms with E-state index in [0.717, 1.165) is 0 Å². The van der Waals surface area contributed by atoms with Crippen molar-refractivity contribution >= 4 is 22.8 Å². The molecule has 1 unspecified atom stereocenters. The number of H-pyrrole nitrogens is 1. The van der Waals surface area contributed by atoms with Crippen molar-refractivity contribution in [2.24, 2.45) is 0 Å². The van der Waals surface area contributed by atoms with E-state index in [9.17, 15) is 14.4 Å². The Morgan fingerprint density at radius 3 is 2.84 bits per heavy atom. The summed E-state index contributed by atoms with van der Waals surface area (Å²) in [7, 11) is 0. The highest BCUT2D eigenvalue weighted by atomic mass is 16.4. The Morgan fingerprint density at radius 2 is 2.12 bits per heavy atom. The first-order valence-electron chi connectivity index (χ1n) is 8.12. The molecule has 1 atom stereocenters. The highest BCUT2D eigenvalue weighted by Crippen LogP contribution is 2.07. The molecule has 1 amide bonds. The lowest BCUT2D eigenvalue weighted by atomic mass is 10.1. The molecule has 0 bridgehead atoms. The molecular formula is C18H21N3O4. The van der Waals surface area contributed by atoms with Crippen molar-refractivity contribution in [1.29, 1.82) is 0 Å². The lowest BCUT2D eigenvalue weighted by Crippen LogP contribution is -2.40. The number of aryl methyl sites for hydroxylation is 1. The average Bonchev–Trinajstić information content (AvgIpc) is 2.58. The number of hydrogen-bond acceptors (Lipinski definition) is 4. The average molecular weight is 343 g/mol. The number of carbonyl (C=O) groups excluding carboxylic acids is 1. The molecule has 1 heterocycles. The van der Waals surface area contributed by atoms with E-state index < -0.39 is 12.0 Å². The Morgan fingerprint density at radius 1 is 1.36 bits per heavy atom. The monoisotopic (exact) mass is 343 g/mol. The van der Waals surface area contributed by atoms with Crippen LogP contribution in [0.3, 0.4) is 0 Å². The summed E-state index contributed by atoms with van der Waals surface area (Å²) in [6.45, 7) is 3.54. The molecule has 7 nitrogen and oxygen atoms in total. The third-order valence-electron chi connectivity index (χ3n) is 3.77. The highest BCUT2D eigenvalue weighted by molar-refractivity contribution is 5.83. The van der Waals surface area contributed by atoms with Gasteiger partial charge in [0.05, 0.1) is 10.9 Å². The summed E-state index contributed by atoms with van der Waals surface area (Å²) in [6, 6.07) is 6.13. The molecule has 0 aliphatic heterocycles. The van der Waals surface area contributed by atoms with Crippen LogP contribution in [0.4, 0.5) is 0 Å². The van der Waals surface area contributed by atoms with Gasteiger partial charge in [-0.05, 0) is 31.4 Å². The maximum Gasteiger partial charge on any atom is 0.326 e. The van der Waals surface area contributed by atoms with Gasteiger partial charge in [0.25, 0.3) is 5.56 Å². The van der Waals surface area contributed by atoms with Crippen molar-refractivity contribution < 1.29 is 14.7 Å². The molecule has 3 N–H and O–H groups in total. The molecule has 0 spiro atoms. The second kappa shape index (κ2) is 8.77. The molecule has 25 heavy (non-hydrogen) atoms. The van der Waals surface area contributed by atoms with E-state index in [1.54, 1.807) is 30.3 Å². The second-order valence-corrected chi connectivity index (χ2v) is 5.71. The Bertz CT molecular complexity index is 828. The number of carboxylic acids is 1. The van der Waals surface area contributed by atoms with Gasteiger partial charge in [-0.1, -0.05) is 18.2 Å². The summed E-state index contributed by atoms with van der Waals surface area (Å²) in [5.74, 6) is -0.881. The minimum absolute atomic E-state index is 0.161. The van der Waals surface area contributed by atoms with Crippen LogP contribution < -0.4 is 10.9 Å². The van der Waals surface area contributed by atoms with Gasteiger partial charge in [-0.15, -0.1) is 6.58 Å². The van der Waals surface area contributed by atoms with Crippen LogP contribution in [0.5, 0.6) is 0 Å². The van der Waals surface area contributed by atoms with Gasteiger partial charge < -0.3 is 15.4 Å². The number of nitrogens with zero attached hydrogens (tertiary/aromatic N) is 1. The Kier molecular flexibility index (Phi) is 6.45. The number of aromatic amines is 1. The van der Waals surface area contributed by atoms with E-state index in [1.165, 1.54) is 0 Å². The van der Waals surface area contributed by atoms with E-state index in [-0.39, 0.29) is 17.9 Å². The van der Waals surface area contributed by atoms with Gasteiger partial charge in [-0.3, -0.25) is 9.59 Å². The standard InChI is InChI=1S/C18H21N3O4/c1-2-3-8-14(18(24)25)20-16(22)11-6-10-15-19-13-9-5-4-7-12(13)17(23)21-15/h2,4-5,7,9,14H,1,3,6,8,10-11H2,(H,20,22)(H,24,25)(H,19,21,23). The largest absolute Gasteiger partial charge is 0.480 e. The molecule has 2 rings (SSSR count). The van der Waals surface area contributed by atoms with E-state index in [1.807, 2.05) is 0 Å². The first-order valence-corrected chi connectivity index (χ1v) is 8.12. The Hall–Kier alpha value is -2.96. The number of amides is 1. The number of benzene rings is 1. The summed E-state index contributed by atoms with van der Waals surface area (Å²) >= 11 is 0. The van der Waals surface area contributed by atoms with Gasteiger partial charge in [0.1, 0.15) is 11.9 Å². The van der Waals surface area contributed by atoms with Gasteiger partial charge in [-0.2, -0.15) is 0 Å². The number of allylic oxidation sites excluding steroid dienone is 1. The first kappa shape index (κ1) is 18.4. The van der Waals surface area contributed by atoms with Gasteiger partial charge in [0.15, 0.2) is 0 Å². The molecule has 2 aromatic rings. The number of hydrogen-bond donors (Lipinski definition) is 3. The molecule has 0 saturated carbocycles. The van der Waals surface area contributed by atoms with E-state index in [0.29, 0.717) is 42.4 Å². The van der Waals surface area contributed by atoms with Crippen LogP contribution in [0.2, 0.25) is 0 Å². The van der Waals surface area contributed by atoms with Crippen LogP contribution in [-0.4, -0.2) is 33.0 Å². The van der Waals surface area contributed by atoms with Crippen molar-refractivity contribution in [2.45, 2.75) is 38.1 Å². The van der Waals surface area contributed by atoms with E-state index >= 15 is 0 Å². The van der Waals surface area contributed by atoms with Gasteiger partial charge in [0.2, 0.25) is 5.91 Å². The Balaban J connectivity index is 1.89. The third-order valence-corrected chi connectivity index (χ3v) is 3.77. The maximum atomic E-state index is 12.0. The Labute approximate surface area is 144 Å². The number of fused-ring (bicyclic) bond motifs is 1. The van der Waals surface area contributed by atoms with Gasteiger partial charge in [-0.25, -0.2) is 9.78 Å². The van der Waals surface area contributed by atoms with Crippen LogP contribution in [0.1, 0.15) is 31.5 Å². The quantitative estimate of drug-likeness (QED) is 0.601. The first-order chi connectivity index (χ1) is 12.0. The summed E-state index contributed by atoms with van der Waals surface area (Å²) < 4.78 is 0. The number of aromatic nitrogens is 2. The minimum Gasteiger partial charge on any atom is -0.480 e. The molecule has 0 fully saturated rings. The lowest BCUT2D eigenvalue weighted by molar-refractivity contribution is -0.142. The molecular weight excluding hydrogens is 322 g/mol. The van der Waals surface area contributed by atoms with Crippen LogP contribution >= 0.6 is 0 Å². The highest BCUT2D eigenvalue weighted by Gasteiger charge is 2.18. The van der Waals surface area contributed by atoms with Crippen molar-refractivity contribution in [3.8, 4) is 0 Å². The number of rotatable bonds is 9. The molecule has 0 aliphatic carbocycles. The zero-order valence-electron chi connectivity index (χ0n) is 13.8. The van der Waals surface area contributed by atoms with Crippen molar-refractivity contribution in [2.75, 3.05) is 0 Å². The predicted molar refractivity (Wildman–Crippen MR) is 94.3 cm³/mol.